The lowest BCUT2D eigenvalue weighted by Crippen LogP contribution is -2.33. The van der Waals surface area contributed by atoms with Crippen LogP contribution >= 0.6 is 0 Å². The second kappa shape index (κ2) is 12.9. The number of carbonyl (C=O) groups is 1. The second-order valence-corrected chi connectivity index (χ2v) is 10.6. The highest BCUT2D eigenvalue weighted by Crippen LogP contribution is 2.28. The Morgan fingerprint density at radius 3 is 2.63 bits per heavy atom. The summed E-state index contributed by atoms with van der Waals surface area (Å²) < 4.78 is 4.22. The summed E-state index contributed by atoms with van der Waals surface area (Å²) in [5.74, 6) is 0.307. The largest absolute Gasteiger partial charge is 0.478 e. The maximum absolute atomic E-state index is 11.7. The minimum atomic E-state index is -0.950. The summed E-state index contributed by atoms with van der Waals surface area (Å²) in [4.78, 5) is 30.7. The zero-order chi connectivity index (χ0) is 29.1. The van der Waals surface area contributed by atoms with Crippen molar-refractivity contribution in [3.63, 3.8) is 0 Å². The topological polar surface area (TPSA) is 162 Å². The number of carboxylic acids is 1. The van der Waals surface area contributed by atoms with Gasteiger partial charge >= 0.3 is 5.97 Å². The van der Waals surface area contributed by atoms with Crippen molar-refractivity contribution in [1.82, 2.24) is 40.1 Å². The van der Waals surface area contributed by atoms with Crippen LogP contribution in [0.5, 0.6) is 0 Å². The molecule has 0 unspecified atom stereocenters. The molecular weight excluding hydrogens is 546 g/mol. The highest BCUT2D eigenvalue weighted by Gasteiger charge is 2.25. The molecule has 1 aliphatic heterocycles. The number of carboxylic acid groups (broad SMARTS) is 1. The van der Waals surface area contributed by atoms with Gasteiger partial charge in [-0.3, -0.25) is 4.90 Å². The van der Waals surface area contributed by atoms with E-state index < -0.39 is 5.97 Å². The highest BCUT2D eigenvalue weighted by molar-refractivity contribution is 5.92. The van der Waals surface area contributed by atoms with E-state index in [1.807, 2.05) is 36.9 Å². The fraction of sp³-hybridized carbons (Fsp3) is 0.323. The molecule has 5 aromatic rings. The number of nitriles is 1. The van der Waals surface area contributed by atoms with E-state index in [2.05, 4.69) is 37.1 Å². The van der Waals surface area contributed by atoms with Gasteiger partial charge in [-0.15, -0.1) is 9.94 Å². The predicted molar refractivity (Wildman–Crippen MR) is 160 cm³/mol. The van der Waals surface area contributed by atoms with E-state index in [-0.39, 0.29) is 11.7 Å². The third kappa shape index (κ3) is 6.43. The molecule has 0 radical (unpaired) electrons. The molecule has 6 rings (SSSR count). The third-order valence-corrected chi connectivity index (χ3v) is 7.94. The van der Waals surface area contributed by atoms with Crippen molar-refractivity contribution in [2.45, 2.75) is 51.9 Å². The van der Waals surface area contributed by atoms with Crippen LogP contribution in [0.3, 0.4) is 0 Å². The summed E-state index contributed by atoms with van der Waals surface area (Å²) in [6, 6.07) is 16.6. The number of nitrogens with zero attached hydrogens (tertiary/aromatic N) is 8. The van der Waals surface area contributed by atoms with Gasteiger partial charge in [0, 0.05) is 18.7 Å². The number of hydrogen-bond donors (Lipinski definition) is 2. The number of aryl methyl sites for hydroxylation is 1. The lowest BCUT2D eigenvalue weighted by molar-refractivity contribution is 0.0683. The number of aromatic carboxylic acids is 1. The molecule has 43 heavy (non-hydrogen) atoms. The smallest absolute Gasteiger partial charge is 0.335 e. The Labute approximate surface area is 249 Å². The van der Waals surface area contributed by atoms with Crippen molar-refractivity contribution in [3.05, 3.63) is 101 Å². The van der Waals surface area contributed by atoms with Crippen molar-refractivity contribution >= 4 is 17.0 Å². The van der Waals surface area contributed by atoms with Gasteiger partial charge < -0.3 is 25.2 Å². The molecule has 2 aromatic carbocycles. The first-order chi connectivity index (χ1) is 20.5. The molecule has 0 aliphatic carbocycles. The van der Waals surface area contributed by atoms with Gasteiger partial charge in [-0.05, 0) is 74.8 Å². The van der Waals surface area contributed by atoms with Gasteiger partial charge in [0.15, 0.2) is 0 Å². The van der Waals surface area contributed by atoms with Gasteiger partial charge in [-0.25, -0.2) is 14.8 Å². The fourth-order valence-electron chi connectivity index (χ4n) is 5.54. The van der Waals surface area contributed by atoms with Gasteiger partial charge in [-0.1, -0.05) is 12.1 Å². The number of likely N-dealkylation sites (tertiary alicyclic amines) is 1. The van der Waals surface area contributed by atoms with Crippen LogP contribution in [0.25, 0.3) is 11.0 Å². The van der Waals surface area contributed by atoms with Crippen LogP contribution in [-0.4, -0.2) is 58.1 Å². The summed E-state index contributed by atoms with van der Waals surface area (Å²) in [7, 11) is 0. The lowest BCUT2D eigenvalue weighted by atomic mass is 9.94. The minimum absolute atomic E-state index is 0. The van der Waals surface area contributed by atoms with Crippen LogP contribution in [0.4, 0.5) is 0 Å². The highest BCUT2D eigenvalue weighted by atomic mass is 16.7. The zero-order valence-corrected chi connectivity index (χ0v) is 24.1. The normalized spacial score (nSPS) is 14.0. The SMILES string of the molecule is CCn1cncc1Cn1c(CN2CCC(c3ccn(OCc4ccc(C#N)cc4)n3)CC2)nc2ccc(C(=O)O)cc21.N. The fourth-order valence-corrected chi connectivity index (χ4v) is 5.54. The molecular formula is C31H35N9O3. The molecule has 222 valence electrons. The average molecular weight is 582 g/mol. The van der Waals surface area contributed by atoms with Crippen molar-refractivity contribution in [2.75, 3.05) is 13.1 Å². The Hall–Kier alpha value is -4.99. The maximum Gasteiger partial charge on any atom is 0.335 e. The molecule has 0 spiro atoms. The first-order valence-corrected chi connectivity index (χ1v) is 14.1. The van der Waals surface area contributed by atoms with Crippen molar-refractivity contribution < 1.29 is 14.7 Å². The maximum atomic E-state index is 11.7. The number of rotatable bonds is 10. The van der Waals surface area contributed by atoms with Gasteiger partial charge in [-0.2, -0.15) is 5.26 Å². The molecule has 12 heteroatoms. The number of piperidine rings is 1. The lowest BCUT2D eigenvalue weighted by Gasteiger charge is -2.31. The molecule has 4 heterocycles. The summed E-state index contributed by atoms with van der Waals surface area (Å²) in [6.07, 6.45) is 7.47. The Morgan fingerprint density at radius 2 is 1.91 bits per heavy atom. The first-order valence-electron chi connectivity index (χ1n) is 14.1. The number of imidazole rings is 2. The van der Waals surface area contributed by atoms with E-state index in [1.165, 1.54) is 4.85 Å². The van der Waals surface area contributed by atoms with Crippen molar-refractivity contribution in [2.24, 2.45) is 0 Å². The Kier molecular flexibility index (Phi) is 8.85. The number of benzene rings is 2. The molecule has 0 bridgehead atoms. The number of hydrogen-bond acceptors (Lipinski definition) is 8. The molecule has 3 aromatic heterocycles. The van der Waals surface area contributed by atoms with Crippen molar-refractivity contribution in [3.8, 4) is 6.07 Å². The van der Waals surface area contributed by atoms with Gasteiger partial charge in [0.1, 0.15) is 12.4 Å². The zero-order valence-electron chi connectivity index (χ0n) is 24.1. The van der Waals surface area contributed by atoms with Crippen LogP contribution < -0.4 is 11.0 Å². The van der Waals surface area contributed by atoms with E-state index in [1.54, 1.807) is 30.3 Å². The molecule has 1 fully saturated rings. The van der Waals surface area contributed by atoms with Gasteiger partial charge in [0.2, 0.25) is 0 Å². The Morgan fingerprint density at radius 1 is 1.12 bits per heavy atom. The second-order valence-electron chi connectivity index (χ2n) is 10.6. The van der Waals surface area contributed by atoms with Gasteiger partial charge in [0.25, 0.3) is 0 Å². The average Bonchev–Trinajstić information content (AvgIpc) is 3.76. The monoisotopic (exact) mass is 581 g/mol. The van der Waals surface area contributed by atoms with E-state index in [0.717, 1.165) is 66.3 Å². The van der Waals surface area contributed by atoms with Crippen LogP contribution in [0.2, 0.25) is 0 Å². The first kappa shape index (κ1) is 29.5. The minimum Gasteiger partial charge on any atom is -0.478 e. The molecule has 1 saturated heterocycles. The van der Waals surface area contributed by atoms with Crippen LogP contribution in [0.1, 0.15) is 64.4 Å². The summed E-state index contributed by atoms with van der Waals surface area (Å²) in [5.41, 5.74) is 5.53. The molecule has 1 aliphatic rings. The third-order valence-electron chi connectivity index (χ3n) is 7.94. The van der Waals surface area contributed by atoms with Crippen LogP contribution in [0.15, 0.2) is 67.3 Å². The number of aromatic nitrogens is 6. The van der Waals surface area contributed by atoms with Crippen LogP contribution in [0, 0.1) is 11.3 Å². The van der Waals surface area contributed by atoms with Crippen molar-refractivity contribution in [1.29, 1.82) is 5.26 Å². The molecule has 12 nitrogen and oxygen atoms in total. The standard InChI is InChI=1S/C31H32N8O3.H3N/c1-2-37-21-33-17-26(37)18-38-29-15-25(31(40)41)7-8-28(29)34-30(38)19-36-12-9-24(10-13-36)27-11-14-39(35-27)42-20-23-5-3-22(16-32)4-6-23;/h3-8,11,14-15,17,21,24H,2,9-10,12-13,18-20H2,1H3,(H,40,41);1H3. The Balaban J connectivity index is 0.00000368. The van der Waals surface area contributed by atoms with E-state index in [0.29, 0.717) is 31.2 Å². The predicted octanol–water partition coefficient (Wildman–Crippen LogP) is 4.24. The molecule has 4 N–H and O–H groups in total. The molecule has 0 amide bonds. The van der Waals surface area contributed by atoms with E-state index in [9.17, 15) is 9.90 Å². The van der Waals surface area contributed by atoms with Gasteiger partial charge in [0.05, 0.1) is 65.2 Å². The summed E-state index contributed by atoms with van der Waals surface area (Å²) >= 11 is 0. The molecule has 0 atom stereocenters. The number of fused-ring (bicyclic) bond motifs is 1. The van der Waals surface area contributed by atoms with E-state index in [4.69, 9.17) is 15.1 Å². The quantitative estimate of drug-likeness (QED) is 0.246. The summed E-state index contributed by atoms with van der Waals surface area (Å²) in [5, 5.41) is 23.2. The molecule has 0 saturated carbocycles. The Bertz CT molecular complexity index is 1740. The van der Waals surface area contributed by atoms with Crippen LogP contribution in [-0.2, 0) is 26.2 Å². The summed E-state index contributed by atoms with van der Waals surface area (Å²) in [6.45, 7) is 6.31. The van der Waals surface area contributed by atoms with E-state index >= 15 is 0 Å².